The molecule has 1 nitrogen and oxygen atoms in total. The summed E-state index contributed by atoms with van der Waals surface area (Å²) in [6.07, 6.45) is 10.4. The number of hydrogen-bond donors (Lipinski definition) is 0. The number of nitrogens with zero attached hydrogens (tertiary/aromatic N) is 1. The first-order valence-electron chi connectivity index (χ1n) is 8.32. The maximum atomic E-state index is 5.14. The SMILES string of the molecule is CCCCCC(C)(CCCCC)/N=C(/C)C(C)(C)C. The lowest BCUT2D eigenvalue weighted by molar-refractivity contribution is 0.367. The molecule has 0 aliphatic rings. The number of hydrogen-bond acceptors (Lipinski definition) is 1. The van der Waals surface area contributed by atoms with E-state index in [2.05, 4.69) is 48.5 Å². The lowest BCUT2D eigenvalue weighted by Crippen LogP contribution is -2.28. The van der Waals surface area contributed by atoms with Gasteiger partial charge in [0.25, 0.3) is 0 Å². The van der Waals surface area contributed by atoms with E-state index in [1.165, 1.54) is 57.1 Å². The minimum absolute atomic E-state index is 0.168. The summed E-state index contributed by atoms with van der Waals surface area (Å²) in [4.78, 5) is 5.14. The minimum atomic E-state index is 0.168. The third-order valence-corrected chi connectivity index (χ3v) is 4.16. The van der Waals surface area contributed by atoms with Crippen LogP contribution in [0.2, 0.25) is 0 Å². The quantitative estimate of drug-likeness (QED) is 0.338. The summed E-state index contributed by atoms with van der Waals surface area (Å²) >= 11 is 0. The fourth-order valence-corrected chi connectivity index (χ4v) is 2.32. The second-order valence-electron chi connectivity index (χ2n) is 7.36. The summed E-state index contributed by atoms with van der Waals surface area (Å²) in [5.74, 6) is 0. The average molecular weight is 268 g/mol. The predicted molar refractivity (Wildman–Crippen MR) is 89.3 cm³/mol. The molecule has 0 bridgehead atoms. The first-order valence-corrected chi connectivity index (χ1v) is 8.32. The average Bonchev–Trinajstić information content (AvgIpc) is 2.28. The van der Waals surface area contributed by atoms with E-state index in [1.54, 1.807) is 0 Å². The molecule has 0 radical (unpaired) electrons. The largest absolute Gasteiger partial charge is 0.288 e. The van der Waals surface area contributed by atoms with Crippen LogP contribution in [0.25, 0.3) is 0 Å². The molecule has 0 saturated heterocycles. The molecule has 0 fully saturated rings. The Bertz CT molecular complexity index is 247. The first kappa shape index (κ1) is 18.7. The molecule has 1 heteroatoms. The summed E-state index contributed by atoms with van der Waals surface area (Å²) in [5, 5.41) is 0. The van der Waals surface area contributed by atoms with Gasteiger partial charge in [0.1, 0.15) is 0 Å². The molecule has 0 aliphatic carbocycles. The summed E-state index contributed by atoms with van der Waals surface area (Å²) in [5.41, 5.74) is 1.68. The number of rotatable bonds is 9. The van der Waals surface area contributed by atoms with E-state index in [9.17, 15) is 0 Å². The van der Waals surface area contributed by atoms with Crippen LogP contribution in [-0.2, 0) is 0 Å². The summed E-state index contributed by atoms with van der Waals surface area (Å²) < 4.78 is 0. The smallest absolute Gasteiger partial charge is 0.0579 e. The molecule has 0 spiro atoms. The van der Waals surface area contributed by atoms with E-state index in [4.69, 9.17) is 4.99 Å². The van der Waals surface area contributed by atoms with E-state index in [1.807, 2.05) is 0 Å². The summed E-state index contributed by atoms with van der Waals surface area (Å²) in [6.45, 7) is 15.9. The molecule has 0 saturated carbocycles. The van der Waals surface area contributed by atoms with Gasteiger partial charge in [-0.3, -0.25) is 4.99 Å². The molecular weight excluding hydrogens is 230 g/mol. The Morgan fingerprint density at radius 3 is 1.53 bits per heavy atom. The lowest BCUT2D eigenvalue weighted by atomic mass is 9.86. The molecular formula is C18H37N. The predicted octanol–water partition coefficient (Wildman–Crippen LogP) is 6.41. The van der Waals surface area contributed by atoms with Crippen molar-refractivity contribution in [3.63, 3.8) is 0 Å². The van der Waals surface area contributed by atoms with Crippen LogP contribution in [-0.4, -0.2) is 11.3 Å². The third-order valence-electron chi connectivity index (χ3n) is 4.16. The Morgan fingerprint density at radius 1 is 0.789 bits per heavy atom. The standard InChI is InChI=1S/C18H37N/c1-8-10-12-14-18(7,15-13-11-9-2)19-16(3)17(4,5)6/h8-15H2,1-7H3/b19-16-. The highest BCUT2D eigenvalue weighted by Gasteiger charge is 2.25. The van der Waals surface area contributed by atoms with Crippen LogP contribution in [0.1, 0.15) is 99.8 Å². The molecule has 0 atom stereocenters. The van der Waals surface area contributed by atoms with Crippen molar-refractivity contribution in [3.05, 3.63) is 0 Å². The second-order valence-corrected chi connectivity index (χ2v) is 7.36. The van der Waals surface area contributed by atoms with Gasteiger partial charge >= 0.3 is 0 Å². The van der Waals surface area contributed by atoms with Crippen LogP contribution in [0.5, 0.6) is 0 Å². The van der Waals surface area contributed by atoms with Gasteiger partial charge in [-0.2, -0.15) is 0 Å². The molecule has 114 valence electrons. The molecule has 0 N–H and O–H groups in total. The van der Waals surface area contributed by atoms with Gasteiger partial charge in [-0.15, -0.1) is 0 Å². The van der Waals surface area contributed by atoms with Crippen molar-refractivity contribution in [1.82, 2.24) is 0 Å². The topological polar surface area (TPSA) is 12.4 Å². The maximum absolute atomic E-state index is 5.14. The van der Waals surface area contributed by atoms with Gasteiger partial charge in [-0.1, -0.05) is 73.1 Å². The Hall–Kier alpha value is -0.330. The molecule has 0 aromatic carbocycles. The van der Waals surface area contributed by atoms with Crippen molar-refractivity contribution < 1.29 is 0 Å². The van der Waals surface area contributed by atoms with Crippen LogP contribution in [0.15, 0.2) is 4.99 Å². The van der Waals surface area contributed by atoms with Gasteiger partial charge in [-0.05, 0) is 32.1 Å². The van der Waals surface area contributed by atoms with E-state index >= 15 is 0 Å². The summed E-state index contributed by atoms with van der Waals surface area (Å²) in [7, 11) is 0. The van der Waals surface area contributed by atoms with Gasteiger partial charge in [0.05, 0.1) is 5.54 Å². The normalized spacial score (nSPS) is 13.9. The van der Waals surface area contributed by atoms with E-state index in [0.29, 0.717) is 0 Å². The van der Waals surface area contributed by atoms with Crippen LogP contribution in [0, 0.1) is 5.41 Å². The van der Waals surface area contributed by atoms with Crippen molar-refractivity contribution in [2.24, 2.45) is 10.4 Å². The van der Waals surface area contributed by atoms with Crippen LogP contribution in [0.4, 0.5) is 0 Å². The van der Waals surface area contributed by atoms with Gasteiger partial charge in [0.15, 0.2) is 0 Å². The van der Waals surface area contributed by atoms with Crippen molar-refractivity contribution in [1.29, 1.82) is 0 Å². The fourth-order valence-electron chi connectivity index (χ4n) is 2.32. The van der Waals surface area contributed by atoms with E-state index in [0.717, 1.165) is 0 Å². The van der Waals surface area contributed by atoms with Crippen LogP contribution >= 0.6 is 0 Å². The maximum Gasteiger partial charge on any atom is 0.0579 e. The van der Waals surface area contributed by atoms with Crippen molar-refractivity contribution in [2.75, 3.05) is 0 Å². The van der Waals surface area contributed by atoms with Crippen molar-refractivity contribution >= 4 is 5.71 Å². The Balaban J connectivity index is 4.73. The monoisotopic (exact) mass is 267 g/mol. The van der Waals surface area contributed by atoms with E-state index in [-0.39, 0.29) is 11.0 Å². The minimum Gasteiger partial charge on any atom is -0.288 e. The van der Waals surface area contributed by atoms with E-state index < -0.39 is 0 Å². The fraction of sp³-hybridized carbons (Fsp3) is 0.944. The van der Waals surface area contributed by atoms with Gasteiger partial charge < -0.3 is 0 Å². The van der Waals surface area contributed by atoms with Crippen LogP contribution in [0.3, 0.4) is 0 Å². The van der Waals surface area contributed by atoms with Crippen LogP contribution < -0.4 is 0 Å². The summed E-state index contributed by atoms with van der Waals surface area (Å²) in [6, 6.07) is 0. The Kier molecular flexibility index (Phi) is 8.61. The second kappa shape index (κ2) is 8.76. The highest BCUT2D eigenvalue weighted by molar-refractivity contribution is 5.87. The Morgan fingerprint density at radius 2 is 1.21 bits per heavy atom. The van der Waals surface area contributed by atoms with Gasteiger partial charge in [0, 0.05) is 5.71 Å². The molecule has 0 amide bonds. The zero-order chi connectivity index (χ0) is 14.9. The molecule has 0 rings (SSSR count). The van der Waals surface area contributed by atoms with Crippen molar-refractivity contribution in [2.45, 2.75) is 105 Å². The Labute approximate surface area is 122 Å². The lowest BCUT2D eigenvalue weighted by Gasteiger charge is -2.30. The molecule has 0 aromatic rings. The zero-order valence-electron chi connectivity index (χ0n) is 14.6. The van der Waals surface area contributed by atoms with Crippen molar-refractivity contribution in [3.8, 4) is 0 Å². The molecule has 0 unspecified atom stereocenters. The molecule has 0 aliphatic heterocycles. The van der Waals surface area contributed by atoms with Gasteiger partial charge in [0.2, 0.25) is 0 Å². The highest BCUT2D eigenvalue weighted by Crippen LogP contribution is 2.29. The molecule has 0 heterocycles. The number of aliphatic imine (C=N–C) groups is 1. The molecule has 19 heavy (non-hydrogen) atoms. The molecule has 0 aromatic heterocycles. The third kappa shape index (κ3) is 8.44. The zero-order valence-corrected chi connectivity index (χ0v) is 14.6. The number of unbranched alkanes of at least 4 members (excludes halogenated alkanes) is 4. The highest BCUT2D eigenvalue weighted by atomic mass is 14.9. The first-order chi connectivity index (χ1) is 8.75. The van der Waals surface area contributed by atoms with Gasteiger partial charge in [-0.25, -0.2) is 0 Å².